The molecule has 2 aliphatic rings. The normalized spacial score (nSPS) is 32.0. The number of piperidine rings is 1. The maximum atomic E-state index is 10.0. The van der Waals surface area contributed by atoms with Crippen molar-refractivity contribution in [1.29, 1.82) is 0 Å². The number of rotatable bonds is 4. The summed E-state index contributed by atoms with van der Waals surface area (Å²) in [6.07, 6.45) is 7.46. The third kappa shape index (κ3) is 2.28. The summed E-state index contributed by atoms with van der Waals surface area (Å²) in [5, 5.41) is 10.0. The van der Waals surface area contributed by atoms with Gasteiger partial charge < -0.3 is 10.0 Å². The fourth-order valence-corrected chi connectivity index (χ4v) is 5.14. The van der Waals surface area contributed by atoms with Crippen molar-refractivity contribution in [3.63, 3.8) is 0 Å². The summed E-state index contributed by atoms with van der Waals surface area (Å²) in [5.41, 5.74) is 3.24. The van der Waals surface area contributed by atoms with Gasteiger partial charge in [0.2, 0.25) is 0 Å². The Morgan fingerprint density at radius 3 is 2.81 bits per heavy atom. The molecule has 1 aromatic rings. The molecule has 1 saturated heterocycles. The van der Waals surface area contributed by atoms with Crippen LogP contribution in [0, 0.1) is 5.92 Å². The number of benzene rings is 1. The number of likely N-dealkylation sites (N-methyl/N-ethyl adjacent to an activating group) is 1. The lowest BCUT2D eigenvalue weighted by Crippen LogP contribution is -2.58. The van der Waals surface area contributed by atoms with Crippen LogP contribution < -0.4 is 0 Å². The number of nitrogens with zero attached hydrogens (tertiary/aromatic N) is 1. The molecular formula is C19H29NO. The van der Waals surface area contributed by atoms with Gasteiger partial charge in [-0.15, -0.1) is 0 Å². The molecule has 116 valence electrons. The fraction of sp³-hybridized carbons (Fsp3) is 0.684. The summed E-state index contributed by atoms with van der Waals surface area (Å²) in [6.45, 7) is 5.81. The van der Waals surface area contributed by atoms with Crippen LogP contribution in [0.1, 0.15) is 57.1 Å². The first-order valence-corrected chi connectivity index (χ1v) is 8.65. The number of phenols is 1. The highest BCUT2D eigenvalue weighted by molar-refractivity contribution is 5.44. The molecule has 0 amide bonds. The van der Waals surface area contributed by atoms with E-state index in [1.54, 1.807) is 0 Å². The zero-order valence-corrected chi connectivity index (χ0v) is 13.7. The molecule has 21 heavy (non-hydrogen) atoms. The van der Waals surface area contributed by atoms with E-state index in [1.165, 1.54) is 49.8 Å². The summed E-state index contributed by atoms with van der Waals surface area (Å²) < 4.78 is 0. The molecule has 0 radical (unpaired) electrons. The number of aromatic hydroxyl groups is 1. The molecule has 3 rings (SSSR count). The molecule has 1 heterocycles. The topological polar surface area (TPSA) is 23.5 Å². The van der Waals surface area contributed by atoms with E-state index in [4.69, 9.17) is 0 Å². The molecule has 1 aromatic carbocycles. The third-order valence-electron chi connectivity index (χ3n) is 6.01. The number of hydrogen-bond acceptors (Lipinski definition) is 2. The standard InChI is InChI=1S/C19H29NO/c1-4-6-16-18-12-14-7-8-15(21)13-17(14)19(16,9-5-2)10-11-20(18)3/h7-8,13,16,18,21H,4-6,9-12H2,1-3H3. The van der Waals surface area contributed by atoms with E-state index in [2.05, 4.69) is 37.9 Å². The first kappa shape index (κ1) is 14.9. The van der Waals surface area contributed by atoms with E-state index in [1.807, 2.05) is 6.07 Å². The first-order chi connectivity index (χ1) is 10.1. The maximum Gasteiger partial charge on any atom is 0.115 e. The van der Waals surface area contributed by atoms with Gasteiger partial charge in [0.05, 0.1) is 0 Å². The Morgan fingerprint density at radius 1 is 1.29 bits per heavy atom. The van der Waals surface area contributed by atoms with E-state index in [-0.39, 0.29) is 0 Å². The van der Waals surface area contributed by atoms with Crippen molar-refractivity contribution in [1.82, 2.24) is 4.90 Å². The zero-order chi connectivity index (χ0) is 15.0. The highest BCUT2D eigenvalue weighted by Crippen LogP contribution is 2.53. The molecule has 0 saturated carbocycles. The zero-order valence-electron chi connectivity index (χ0n) is 13.7. The van der Waals surface area contributed by atoms with Crippen LogP contribution in [0.15, 0.2) is 18.2 Å². The van der Waals surface area contributed by atoms with Gasteiger partial charge in [-0.1, -0.05) is 32.8 Å². The molecule has 0 aromatic heterocycles. The van der Waals surface area contributed by atoms with Gasteiger partial charge in [0, 0.05) is 11.5 Å². The molecule has 3 atom stereocenters. The van der Waals surface area contributed by atoms with E-state index >= 15 is 0 Å². The number of fused-ring (bicyclic) bond motifs is 4. The minimum atomic E-state index is 0.300. The van der Waals surface area contributed by atoms with Gasteiger partial charge in [-0.05, 0) is 68.5 Å². The lowest BCUT2D eigenvalue weighted by molar-refractivity contribution is 0.0197. The summed E-state index contributed by atoms with van der Waals surface area (Å²) in [5.74, 6) is 1.19. The Labute approximate surface area is 129 Å². The van der Waals surface area contributed by atoms with Crippen molar-refractivity contribution in [3.8, 4) is 5.75 Å². The largest absolute Gasteiger partial charge is 0.508 e. The highest BCUT2D eigenvalue weighted by atomic mass is 16.3. The monoisotopic (exact) mass is 287 g/mol. The minimum absolute atomic E-state index is 0.300. The van der Waals surface area contributed by atoms with Gasteiger partial charge in [-0.25, -0.2) is 0 Å². The quantitative estimate of drug-likeness (QED) is 0.901. The minimum Gasteiger partial charge on any atom is -0.508 e. The number of likely N-dealkylation sites (tertiary alicyclic amines) is 1. The second-order valence-corrected chi connectivity index (χ2v) is 7.14. The van der Waals surface area contributed by atoms with Crippen LogP contribution in [0.2, 0.25) is 0 Å². The van der Waals surface area contributed by atoms with Crippen molar-refractivity contribution in [3.05, 3.63) is 29.3 Å². The SMILES string of the molecule is CCCC1C2Cc3ccc(O)cc3C1(CCC)CCN2C. The lowest BCUT2D eigenvalue weighted by atomic mass is 9.54. The highest BCUT2D eigenvalue weighted by Gasteiger charge is 2.51. The maximum absolute atomic E-state index is 10.0. The number of hydrogen-bond donors (Lipinski definition) is 1. The summed E-state index contributed by atoms with van der Waals surface area (Å²) in [4.78, 5) is 2.59. The Kier molecular flexibility index (Phi) is 4.00. The number of phenolic OH excluding ortho intramolecular Hbond substituents is 1. The molecule has 1 fully saturated rings. The molecule has 3 unspecified atom stereocenters. The van der Waals surface area contributed by atoms with Gasteiger partial charge in [0.15, 0.2) is 0 Å². The van der Waals surface area contributed by atoms with E-state index < -0.39 is 0 Å². The smallest absolute Gasteiger partial charge is 0.115 e. The average Bonchev–Trinajstić information content (AvgIpc) is 2.46. The molecule has 2 heteroatoms. The van der Waals surface area contributed by atoms with Crippen molar-refractivity contribution < 1.29 is 5.11 Å². The summed E-state index contributed by atoms with van der Waals surface area (Å²) >= 11 is 0. The molecule has 1 N–H and O–H groups in total. The van der Waals surface area contributed by atoms with Crippen LogP contribution >= 0.6 is 0 Å². The Bertz CT molecular complexity index is 512. The van der Waals surface area contributed by atoms with Gasteiger partial charge in [-0.3, -0.25) is 0 Å². The van der Waals surface area contributed by atoms with Crippen LogP contribution in [0.3, 0.4) is 0 Å². The van der Waals surface area contributed by atoms with E-state index in [0.29, 0.717) is 17.2 Å². The molecule has 1 aliphatic heterocycles. The van der Waals surface area contributed by atoms with Crippen LogP contribution in [-0.2, 0) is 11.8 Å². The van der Waals surface area contributed by atoms with Crippen LogP contribution in [-0.4, -0.2) is 29.6 Å². The fourth-order valence-electron chi connectivity index (χ4n) is 5.14. The van der Waals surface area contributed by atoms with E-state index in [0.717, 1.165) is 12.3 Å². The summed E-state index contributed by atoms with van der Waals surface area (Å²) in [6, 6.07) is 6.80. The Morgan fingerprint density at radius 2 is 2.10 bits per heavy atom. The van der Waals surface area contributed by atoms with Gasteiger partial charge in [0.1, 0.15) is 5.75 Å². The second kappa shape index (κ2) is 5.64. The molecular weight excluding hydrogens is 258 g/mol. The van der Waals surface area contributed by atoms with Crippen LogP contribution in [0.25, 0.3) is 0 Å². The average molecular weight is 287 g/mol. The van der Waals surface area contributed by atoms with E-state index in [9.17, 15) is 5.11 Å². The Hall–Kier alpha value is -1.02. The Balaban J connectivity index is 2.14. The van der Waals surface area contributed by atoms with Gasteiger partial charge >= 0.3 is 0 Å². The second-order valence-electron chi connectivity index (χ2n) is 7.14. The first-order valence-electron chi connectivity index (χ1n) is 8.65. The van der Waals surface area contributed by atoms with Crippen molar-refractivity contribution in [2.24, 2.45) is 5.92 Å². The third-order valence-corrected chi connectivity index (χ3v) is 6.01. The molecule has 1 aliphatic carbocycles. The predicted octanol–water partition coefficient (Wildman–Crippen LogP) is 4.11. The van der Waals surface area contributed by atoms with Gasteiger partial charge in [-0.2, -0.15) is 0 Å². The molecule has 0 spiro atoms. The van der Waals surface area contributed by atoms with Crippen molar-refractivity contribution in [2.45, 2.75) is 63.8 Å². The van der Waals surface area contributed by atoms with Gasteiger partial charge in [0.25, 0.3) is 0 Å². The van der Waals surface area contributed by atoms with Crippen molar-refractivity contribution in [2.75, 3.05) is 13.6 Å². The van der Waals surface area contributed by atoms with Crippen LogP contribution in [0.5, 0.6) is 5.75 Å². The van der Waals surface area contributed by atoms with Crippen LogP contribution in [0.4, 0.5) is 0 Å². The predicted molar refractivity (Wildman–Crippen MR) is 87.8 cm³/mol. The lowest BCUT2D eigenvalue weighted by Gasteiger charge is -2.56. The molecule has 2 nitrogen and oxygen atoms in total. The summed E-state index contributed by atoms with van der Waals surface area (Å²) in [7, 11) is 2.30. The molecule has 2 bridgehead atoms. The van der Waals surface area contributed by atoms with Crippen molar-refractivity contribution >= 4 is 0 Å².